The highest BCUT2D eigenvalue weighted by Crippen LogP contribution is 2.15. The molecule has 78 valence electrons. The van der Waals surface area contributed by atoms with Gasteiger partial charge in [-0.2, -0.15) is 0 Å². The summed E-state index contributed by atoms with van der Waals surface area (Å²) >= 11 is 5.41. The largest absolute Gasteiger partial charge is 0.273 e. The monoisotopic (exact) mass is 233 g/mol. The van der Waals surface area contributed by atoms with E-state index in [2.05, 4.69) is 0 Å². The Kier molecular flexibility index (Phi) is 3.77. The van der Waals surface area contributed by atoms with Gasteiger partial charge in [0.1, 0.15) is 0 Å². The van der Waals surface area contributed by atoms with Gasteiger partial charge in [0.25, 0.3) is 0 Å². The normalized spacial score (nSPS) is 11.3. The van der Waals surface area contributed by atoms with Crippen LogP contribution in [0.5, 0.6) is 0 Å². The molecule has 1 aromatic rings. The third-order valence-corrected chi connectivity index (χ3v) is 4.05. The lowest BCUT2D eigenvalue weighted by atomic mass is 10.3. The van der Waals surface area contributed by atoms with Crippen molar-refractivity contribution in [2.75, 3.05) is 23.0 Å². The maximum Gasteiger partial charge on any atom is 0.236 e. The number of hydrogen-bond acceptors (Lipinski definition) is 2. The average molecular weight is 234 g/mol. The lowest BCUT2D eigenvalue weighted by Crippen LogP contribution is -2.29. The molecule has 5 heteroatoms. The van der Waals surface area contributed by atoms with Crippen LogP contribution >= 0.6 is 11.6 Å². The molecular weight excluding hydrogens is 222 g/mol. The second kappa shape index (κ2) is 4.66. The maximum absolute atomic E-state index is 11.6. The van der Waals surface area contributed by atoms with E-state index in [9.17, 15) is 8.42 Å². The number of hydrogen-bond donors (Lipinski definition) is 0. The summed E-state index contributed by atoms with van der Waals surface area (Å²) in [6.45, 7) is 0. The molecule has 0 aliphatic heterocycles. The number of sulfonamides is 1. The summed E-state index contributed by atoms with van der Waals surface area (Å²) in [5.74, 6) is 0.0689. The van der Waals surface area contributed by atoms with Gasteiger partial charge in [-0.15, -0.1) is 11.6 Å². The zero-order valence-corrected chi connectivity index (χ0v) is 9.42. The molecule has 0 radical (unpaired) electrons. The fourth-order valence-corrected chi connectivity index (χ4v) is 2.53. The molecule has 0 atom stereocenters. The Bertz CT molecular complexity index is 377. The molecule has 0 aromatic heterocycles. The molecule has 0 unspecified atom stereocenters. The number of nitrogens with zero attached hydrogens (tertiary/aromatic N) is 1. The summed E-state index contributed by atoms with van der Waals surface area (Å²) in [4.78, 5) is 0. The van der Waals surface area contributed by atoms with Crippen molar-refractivity contribution in [3.05, 3.63) is 30.3 Å². The van der Waals surface area contributed by atoms with Crippen LogP contribution in [0.1, 0.15) is 0 Å². The summed E-state index contributed by atoms with van der Waals surface area (Å²) in [5.41, 5.74) is 0.651. The van der Waals surface area contributed by atoms with Crippen LogP contribution in [0.15, 0.2) is 30.3 Å². The van der Waals surface area contributed by atoms with Gasteiger partial charge < -0.3 is 0 Å². The molecule has 0 spiro atoms. The van der Waals surface area contributed by atoms with Crippen LogP contribution in [0.25, 0.3) is 0 Å². The standard InChI is InChI=1S/C9H12ClNO2S/c1-11(14(12,13)8-7-10)9-5-3-2-4-6-9/h2-6H,7-8H2,1H3. The molecule has 0 aliphatic carbocycles. The van der Waals surface area contributed by atoms with Crippen molar-refractivity contribution < 1.29 is 8.42 Å². The average Bonchev–Trinajstić information content (AvgIpc) is 2.18. The molecule has 0 bridgehead atoms. The number of anilines is 1. The zero-order valence-electron chi connectivity index (χ0n) is 7.85. The first-order chi connectivity index (χ1) is 6.58. The highest BCUT2D eigenvalue weighted by molar-refractivity contribution is 7.92. The van der Waals surface area contributed by atoms with Crippen LogP contribution < -0.4 is 4.31 Å². The second-order valence-electron chi connectivity index (χ2n) is 2.81. The van der Waals surface area contributed by atoms with Gasteiger partial charge in [0.2, 0.25) is 10.0 Å². The van der Waals surface area contributed by atoms with Gasteiger partial charge in [-0.05, 0) is 12.1 Å². The predicted molar refractivity (Wildman–Crippen MR) is 59.4 cm³/mol. The smallest absolute Gasteiger partial charge is 0.236 e. The molecule has 0 saturated carbocycles. The van der Waals surface area contributed by atoms with E-state index in [1.54, 1.807) is 24.3 Å². The predicted octanol–water partition coefficient (Wildman–Crippen LogP) is 1.69. The number of para-hydroxylation sites is 1. The Hall–Kier alpha value is -0.740. The molecule has 0 heterocycles. The molecule has 14 heavy (non-hydrogen) atoms. The first-order valence-corrected chi connectivity index (χ1v) is 6.30. The van der Waals surface area contributed by atoms with Crippen LogP contribution in [0, 0.1) is 0 Å². The van der Waals surface area contributed by atoms with Crippen molar-refractivity contribution in [1.29, 1.82) is 0 Å². The van der Waals surface area contributed by atoms with E-state index < -0.39 is 10.0 Å². The Labute approximate surface area is 89.4 Å². The summed E-state index contributed by atoms with van der Waals surface area (Å²) in [6.07, 6.45) is 0. The van der Waals surface area contributed by atoms with Gasteiger partial charge in [-0.1, -0.05) is 18.2 Å². The third kappa shape index (κ3) is 2.62. The summed E-state index contributed by atoms with van der Waals surface area (Å²) in [7, 11) is -1.74. The number of benzene rings is 1. The van der Waals surface area contributed by atoms with Crippen LogP contribution in [0.4, 0.5) is 5.69 Å². The molecule has 1 rings (SSSR count). The minimum Gasteiger partial charge on any atom is -0.273 e. The Morgan fingerprint density at radius 3 is 2.36 bits per heavy atom. The van der Waals surface area contributed by atoms with Crippen molar-refractivity contribution in [3.8, 4) is 0 Å². The molecule has 0 fully saturated rings. The van der Waals surface area contributed by atoms with Gasteiger partial charge in [-0.25, -0.2) is 8.42 Å². The lowest BCUT2D eigenvalue weighted by Gasteiger charge is -2.18. The van der Waals surface area contributed by atoms with E-state index in [0.29, 0.717) is 5.69 Å². The van der Waals surface area contributed by atoms with E-state index >= 15 is 0 Å². The van der Waals surface area contributed by atoms with Crippen LogP contribution in [0.3, 0.4) is 0 Å². The Balaban J connectivity index is 2.91. The maximum atomic E-state index is 11.6. The summed E-state index contributed by atoms with van der Waals surface area (Å²) in [6, 6.07) is 8.91. The van der Waals surface area contributed by atoms with E-state index in [-0.39, 0.29) is 11.6 Å². The Morgan fingerprint density at radius 2 is 1.86 bits per heavy atom. The summed E-state index contributed by atoms with van der Waals surface area (Å²) in [5, 5.41) is 0. The molecule has 0 aliphatic rings. The van der Waals surface area contributed by atoms with Crippen LogP contribution in [-0.4, -0.2) is 27.1 Å². The molecule has 1 aromatic carbocycles. The van der Waals surface area contributed by atoms with Crippen molar-refractivity contribution in [2.24, 2.45) is 0 Å². The first-order valence-electron chi connectivity index (χ1n) is 4.15. The lowest BCUT2D eigenvalue weighted by molar-refractivity contribution is 0.596. The van der Waals surface area contributed by atoms with Crippen molar-refractivity contribution in [2.45, 2.75) is 0 Å². The highest BCUT2D eigenvalue weighted by atomic mass is 35.5. The fraction of sp³-hybridized carbons (Fsp3) is 0.333. The van der Waals surface area contributed by atoms with Gasteiger partial charge >= 0.3 is 0 Å². The van der Waals surface area contributed by atoms with E-state index in [0.717, 1.165) is 0 Å². The molecule has 0 N–H and O–H groups in total. The molecule has 0 saturated heterocycles. The topological polar surface area (TPSA) is 37.4 Å². The van der Waals surface area contributed by atoms with Gasteiger partial charge in [-0.3, -0.25) is 4.31 Å². The van der Waals surface area contributed by atoms with E-state index in [1.165, 1.54) is 11.4 Å². The fourth-order valence-electron chi connectivity index (χ4n) is 1.03. The van der Waals surface area contributed by atoms with Gasteiger partial charge in [0, 0.05) is 12.9 Å². The minimum atomic E-state index is -3.26. The first kappa shape index (κ1) is 11.3. The van der Waals surface area contributed by atoms with Crippen molar-refractivity contribution >= 4 is 27.3 Å². The molecule has 3 nitrogen and oxygen atoms in total. The zero-order chi connectivity index (χ0) is 10.6. The SMILES string of the molecule is CN(c1ccccc1)S(=O)(=O)CCCl. The van der Waals surface area contributed by atoms with Gasteiger partial charge in [0.05, 0.1) is 11.4 Å². The number of halogens is 1. The quantitative estimate of drug-likeness (QED) is 0.743. The molecule has 0 amide bonds. The Morgan fingerprint density at radius 1 is 1.29 bits per heavy atom. The van der Waals surface area contributed by atoms with E-state index in [4.69, 9.17) is 11.6 Å². The van der Waals surface area contributed by atoms with Crippen molar-refractivity contribution in [3.63, 3.8) is 0 Å². The van der Waals surface area contributed by atoms with Crippen molar-refractivity contribution in [1.82, 2.24) is 0 Å². The van der Waals surface area contributed by atoms with Gasteiger partial charge in [0.15, 0.2) is 0 Å². The summed E-state index contributed by atoms with van der Waals surface area (Å²) < 4.78 is 24.4. The van der Waals surface area contributed by atoms with E-state index in [1.807, 2.05) is 6.07 Å². The number of rotatable bonds is 4. The minimum absolute atomic E-state index is 0.0417. The number of alkyl halides is 1. The highest BCUT2D eigenvalue weighted by Gasteiger charge is 2.16. The second-order valence-corrected chi connectivity index (χ2v) is 5.31. The van der Waals surface area contributed by atoms with Crippen LogP contribution in [0.2, 0.25) is 0 Å². The molecular formula is C9H12ClNO2S. The third-order valence-electron chi connectivity index (χ3n) is 1.87. The van der Waals surface area contributed by atoms with Crippen LogP contribution in [-0.2, 0) is 10.0 Å².